The van der Waals surface area contributed by atoms with E-state index in [1.54, 1.807) is 13.3 Å². The molecule has 1 aromatic heterocycles. The largest absolute Gasteiger partial charge is 0.383 e. The van der Waals surface area contributed by atoms with E-state index in [2.05, 4.69) is 24.3 Å². The summed E-state index contributed by atoms with van der Waals surface area (Å²) in [4.78, 5) is 0. The number of nitrogens with zero attached hydrogens (tertiary/aromatic N) is 2. The minimum absolute atomic E-state index is 0.543. The molecule has 0 aliphatic heterocycles. The molecule has 0 amide bonds. The van der Waals surface area contributed by atoms with Crippen molar-refractivity contribution in [2.75, 3.05) is 26.8 Å². The summed E-state index contributed by atoms with van der Waals surface area (Å²) in [5.74, 6) is 1.93. The molecule has 1 fully saturated rings. The maximum absolute atomic E-state index is 6.34. The Kier molecular flexibility index (Phi) is 5.87. The van der Waals surface area contributed by atoms with Gasteiger partial charge in [0.2, 0.25) is 0 Å². The molecule has 5 heteroatoms. The first-order chi connectivity index (χ1) is 9.63. The van der Waals surface area contributed by atoms with Crippen LogP contribution in [0.2, 0.25) is 5.02 Å². The maximum Gasteiger partial charge on any atom is 0.0820 e. The zero-order chi connectivity index (χ0) is 14.5. The normalized spacial score (nSPS) is 22.2. The lowest BCUT2D eigenvalue weighted by Crippen LogP contribution is -2.36. The Hall–Kier alpha value is -0.580. The summed E-state index contributed by atoms with van der Waals surface area (Å²) in [6.45, 7) is 8.09. The summed E-state index contributed by atoms with van der Waals surface area (Å²) < 4.78 is 7.16. The zero-order valence-corrected chi connectivity index (χ0v) is 13.5. The molecule has 0 saturated heterocycles. The Bertz CT molecular complexity index is 419. The molecule has 2 rings (SSSR count). The van der Waals surface area contributed by atoms with Crippen LogP contribution in [-0.2, 0) is 11.3 Å². The van der Waals surface area contributed by atoms with Gasteiger partial charge in [-0.2, -0.15) is 5.10 Å². The molecule has 1 N–H and O–H groups in total. The molecular formula is C15H26ClN3O. The number of methoxy groups -OCH3 is 1. The van der Waals surface area contributed by atoms with Gasteiger partial charge in [0, 0.05) is 13.0 Å². The van der Waals surface area contributed by atoms with E-state index >= 15 is 0 Å². The molecule has 1 aliphatic rings. The molecule has 20 heavy (non-hydrogen) atoms. The van der Waals surface area contributed by atoms with Crippen LogP contribution in [0.4, 0.5) is 0 Å². The van der Waals surface area contributed by atoms with Crippen LogP contribution in [0.25, 0.3) is 0 Å². The quantitative estimate of drug-likeness (QED) is 0.802. The number of hydrogen-bond donors (Lipinski definition) is 1. The lowest BCUT2D eigenvalue weighted by molar-refractivity contribution is 0.176. The summed E-state index contributed by atoms with van der Waals surface area (Å²) in [5, 5.41) is 8.75. The van der Waals surface area contributed by atoms with Crippen LogP contribution >= 0.6 is 11.6 Å². The van der Waals surface area contributed by atoms with Crippen molar-refractivity contribution in [3.63, 3.8) is 0 Å². The van der Waals surface area contributed by atoms with Crippen LogP contribution < -0.4 is 5.32 Å². The second-order valence-electron chi connectivity index (χ2n) is 6.09. The van der Waals surface area contributed by atoms with Crippen molar-refractivity contribution < 1.29 is 4.74 Å². The monoisotopic (exact) mass is 299 g/mol. The second-order valence-corrected chi connectivity index (χ2v) is 6.50. The third-order valence-electron chi connectivity index (χ3n) is 4.07. The Labute approximate surface area is 126 Å². The summed E-state index contributed by atoms with van der Waals surface area (Å²) >= 11 is 6.34. The van der Waals surface area contributed by atoms with E-state index in [-0.39, 0.29) is 0 Å². The number of hydrogen-bond acceptors (Lipinski definition) is 3. The summed E-state index contributed by atoms with van der Waals surface area (Å²) in [6, 6.07) is 0. The van der Waals surface area contributed by atoms with Gasteiger partial charge in [-0.1, -0.05) is 25.4 Å². The van der Waals surface area contributed by atoms with E-state index < -0.39 is 0 Å². The van der Waals surface area contributed by atoms with E-state index in [1.165, 1.54) is 18.5 Å². The SMILES string of the molecule is COCCn1ncc(Cl)c1C1CCC1CNCC(C)C. The van der Waals surface area contributed by atoms with Gasteiger partial charge in [0.15, 0.2) is 0 Å². The highest BCUT2D eigenvalue weighted by Gasteiger charge is 2.35. The molecule has 4 nitrogen and oxygen atoms in total. The average Bonchev–Trinajstić information content (AvgIpc) is 2.73. The van der Waals surface area contributed by atoms with Crippen LogP contribution in [0.15, 0.2) is 6.20 Å². The summed E-state index contributed by atoms with van der Waals surface area (Å²) in [7, 11) is 1.72. The standard InChI is InChI=1S/C15H26ClN3O/c1-11(2)8-17-9-12-4-5-13(12)15-14(16)10-18-19(15)6-7-20-3/h10-13,17H,4-9H2,1-3H3. The van der Waals surface area contributed by atoms with E-state index in [4.69, 9.17) is 16.3 Å². The number of halogens is 1. The van der Waals surface area contributed by atoms with Crippen LogP contribution in [0.5, 0.6) is 0 Å². The third-order valence-corrected chi connectivity index (χ3v) is 4.36. The first kappa shape index (κ1) is 15.8. The molecular weight excluding hydrogens is 274 g/mol. The van der Waals surface area contributed by atoms with Gasteiger partial charge in [-0.15, -0.1) is 0 Å². The van der Waals surface area contributed by atoms with Crippen LogP contribution in [0, 0.1) is 11.8 Å². The van der Waals surface area contributed by atoms with Crippen molar-refractivity contribution in [3.05, 3.63) is 16.9 Å². The van der Waals surface area contributed by atoms with Gasteiger partial charge in [-0.05, 0) is 37.8 Å². The molecule has 2 atom stereocenters. The number of rotatable bonds is 8. The van der Waals surface area contributed by atoms with Crippen LogP contribution in [-0.4, -0.2) is 36.6 Å². The van der Waals surface area contributed by atoms with Gasteiger partial charge < -0.3 is 10.1 Å². The highest BCUT2D eigenvalue weighted by molar-refractivity contribution is 6.31. The first-order valence-electron chi connectivity index (χ1n) is 7.54. The highest BCUT2D eigenvalue weighted by Crippen LogP contribution is 2.44. The molecule has 1 heterocycles. The van der Waals surface area contributed by atoms with Gasteiger partial charge in [0.1, 0.15) is 0 Å². The molecule has 0 radical (unpaired) electrons. The predicted molar refractivity (Wildman–Crippen MR) is 82.3 cm³/mol. The van der Waals surface area contributed by atoms with E-state index in [9.17, 15) is 0 Å². The molecule has 0 bridgehead atoms. The highest BCUT2D eigenvalue weighted by atomic mass is 35.5. The van der Waals surface area contributed by atoms with E-state index in [1.807, 2.05) is 4.68 Å². The third kappa shape index (κ3) is 3.74. The molecule has 1 saturated carbocycles. The molecule has 114 valence electrons. The molecule has 1 aliphatic carbocycles. The Morgan fingerprint density at radius 3 is 2.90 bits per heavy atom. The van der Waals surface area contributed by atoms with E-state index in [0.29, 0.717) is 24.4 Å². The molecule has 1 aromatic rings. The number of ether oxygens (including phenoxy) is 1. The maximum atomic E-state index is 6.34. The summed E-state index contributed by atoms with van der Waals surface area (Å²) in [5.41, 5.74) is 1.20. The van der Waals surface area contributed by atoms with Crippen molar-refractivity contribution in [1.82, 2.24) is 15.1 Å². The zero-order valence-electron chi connectivity index (χ0n) is 12.7. The minimum atomic E-state index is 0.543. The fraction of sp³-hybridized carbons (Fsp3) is 0.800. The first-order valence-corrected chi connectivity index (χ1v) is 7.92. The fourth-order valence-corrected chi connectivity index (χ4v) is 3.11. The minimum Gasteiger partial charge on any atom is -0.383 e. The predicted octanol–water partition coefficient (Wildman–Crippen LogP) is 2.92. The van der Waals surface area contributed by atoms with Gasteiger partial charge in [0.25, 0.3) is 0 Å². The lowest BCUT2D eigenvalue weighted by atomic mass is 9.71. The molecule has 0 spiro atoms. The van der Waals surface area contributed by atoms with Crippen molar-refractivity contribution in [2.24, 2.45) is 11.8 Å². The van der Waals surface area contributed by atoms with Gasteiger partial charge in [-0.25, -0.2) is 0 Å². The van der Waals surface area contributed by atoms with Crippen molar-refractivity contribution in [2.45, 2.75) is 39.2 Å². The Balaban J connectivity index is 1.95. The second kappa shape index (κ2) is 7.43. The fourth-order valence-electron chi connectivity index (χ4n) is 2.83. The van der Waals surface area contributed by atoms with Gasteiger partial charge in [-0.3, -0.25) is 4.68 Å². The van der Waals surface area contributed by atoms with Crippen LogP contribution in [0.1, 0.15) is 38.3 Å². The van der Waals surface area contributed by atoms with Gasteiger partial charge >= 0.3 is 0 Å². The van der Waals surface area contributed by atoms with Crippen molar-refractivity contribution in [3.8, 4) is 0 Å². The molecule has 2 unspecified atom stereocenters. The summed E-state index contributed by atoms with van der Waals surface area (Å²) in [6.07, 6.45) is 4.26. The Morgan fingerprint density at radius 2 is 2.30 bits per heavy atom. The topological polar surface area (TPSA) is 39.1 Å². The number of nitrogens with one attached hydrogen (secondary N) is 1. The van der Waals surface area contributed by atoms with Crippen molar-refractivity contribution in [1.29, 1.82) is 0 Å². The number of aromatic nitrogens is 2. The van der Waals surface area contributed by atoms with Crippen molar-refractivity contribution >= 4 is 11.6 Å². The smallest absolute Gasteiger partial charge is 0.0820 e. The van der Waals surface area contributed by atoms with E-state index in [0.717, 1.165) is 24.7 Å². The Morgan fingerprint density at radius 1 is 1.50 bits per heavy atom. The lowest BCUT2D eigenvalue weighted by Gasteiger charge is -2.37. The van der Waals surface area contributed by atoms with Crippen LogP contribution in [0.3, 0.4) is 0 Å². The average molecular weight is 300 g/mol. The van der Waals surface area contributed by atoms with Gasteiger partial charge in [0.05, 0.1) is 30.1 Å². The molecule has 0 aromatic carbocycles.